The molecule has 0 saturated heterocycles. The van der Waals surface area contributed by atoms with E-state index in [1.54, 1.807) is 0 Å². The van der Waals surface area contributed by atoms with Gasteiger partial charge in [-0.3, -0.25) is 9.59 Å². The van der Waals surface area contributed by atoms with Crippen LogP contribution >= 0.6 is 0 Å². The van der Waals surface area contributed by atoms with Crippen molar-refractivity contribution < 1.29 is 36.6 Å². The molecule has 0 spiro atoms. The minimum Gasteiger partial charge on any atom is -0.380 e. The van der Waals surface area contributed by atoms with E-state index >= 15 is 0 Å². The van der Waals surface area contributed by atoms with Crippen molar-refractivity contribution in [3.05, 3.63) is 30.0 Å². The van der Waals surface area contributed by atoms with Crippen molar-refractivity contribution in [2.45, 2.75) is 43.5 Å². The Morgan fingerprint density at radius 1 is 1.11 bits per heavy atom. The lowest BCUT2D eigenvalue weighted by molar-refractivity contribution is -0.270. The highest BCUT2D eigenvalue weighted by atomic mass is 19.4. The molecular weight excluding hydrogens is 389 g/mol. The third-order valence-electron chi connectivity index (χ3n) is 4.85. The van der Waals surface area contributed by atoms with Crippen LogP contribution in [0.3, 0.4) is 0 Å². The maximum absolute atomic E-state index is 13.4. The highest BCUT2D eigenvalue weighted by Crippen LogP contribution is 2.41. The summed E-state index contributed by atoms with van der Waals surface area (Å²) in [7, 11) is 0. The Balaban J connectivity index is 1.60. The van der Waals surface area contributed by atoms with E-state index in [9.17, 15) is 36.6 Å². The molecule has 0 unspecified atom stereocenters. The number of alkyl halides is 3. The zero-order chi connectivity index (χ0) is 20.7. The van der Waals surface area contributed by atoms with Gasteiger partial charge < -0.3 is 20.7 Å². The number of aliphatic hydroxyl groups is 1. The molecule has 0 radical (unpaired) electrons. The van der Waals surface area contributed by atoms with Gasteiger partial charge in [0.25, 0.3) is 0 Å². The van der Waals surface area contributed by atoms with Crippen molar-refractivity contribution in [1.82, 2.24) is 10.3 Å². The summed E-state index contributed by atoms with van der Waals surface area (Å²) in [6.45, 7) is 0. The molecule has 1 aromatic carbocycles. The number of hydrogen-bond donors (Lipinski definition) is 4. The topological polar surface area (TPSA) is 94.2 Å². The van der Waals surface area contributed by atoms with Crippen LogP contribution in [0.1, 0.15) is 25.7 Å². The molecule has 11 heteroatoms. The number of rotatable bonds is 2. The van der Waals surface area contributed by atoms with E-state index in [-0.39, 0.29) is 29.4 Å². The predicted octanol–water partition coefficient (Wildman–Crippen LogP) is 2.74. The highest BCUT2D eigenvalue weighted by molar-refractivity contribution is 6.40. The standard InChI is InChI=1S/C17H16F5N3O3/c18-10-5-9-12(6-11(10)19)23-7-13(9)25-15(27)14(26)24-8-1-3-16(28,4-2-8)17(20,21)22/h5-8,23,28H,1-4H2,(H,24,26)(H,25,27). The Bertz CT molecular complexity index is 917. The van der Waals surface area contributed by atoms with Gasteiger partial charge in [-0.15, -0.1) is 0 Å². The number of amides is 2. The zero-order valence-corrected chi connectivity index (χ0v) is 14.3. The molecule has 1 fully saturated rings. The quantitative estimate of drug-likeness (QED) is 0.457. The number of aromatic nitrogens is 1. The van der Waals surface area contributed by atoms with Gasteiger partial charge in [0.05, 0.1) is 11.2 Å². The second kappa shape index (κ2) is 7.04. The lowest BCUT2D eigenvalue weighted by atomic mass is 9.81. The van der Waals surface area contributed by atoms with Gasteiger partial charge in [-0.05, 0) is 31.7 Å². The molecule has 4 N–H and O–H groups in total. The van der Waals surface area contributed by atoms with Gasteiger partial charge in [-0.1, -0.05) is 0 Å². The Morgan fingerprint density at radius 2 is 1.71 bits per heavy atom. The van der Waals surface area contributed by atoms with Crippen molar-refractivity contribution >= 4 is 28.4 Å². The fourth-order valence-corrected chi connectivity index (χ4v) is 3.17. The third kappa shape index (κ3) is 3.79. The van der Waals surface area contributed by atoms with E-state index < -0.39 is 54.1 Å². The van der Waals surface area contributed by atoms with Crippen LogP contribution in [0.5, 0.6) is 0 Å². The second-order valence-corrected chi connectivity index (χ2v) is 6.75. The molecule has 152 valence electrons. The molecule has 28 heavy (non-hydrogen) atoms. The summed E-state index contributed by atoms with van der Waals surface area (Å²) in [6.07, 6.45) is -4.98. The summed E-state index contributed by atoms with van der Waals surface area (Å²) >= 11 is 0. The van der Waals surface area contributed by atoms with E-state index in [0.29, 0.717) is 0 Å². The van der Waals surface area contributed by atoms with Gasteiger partial charge in [0.1, 0.15) is 0 Å². The maximum Gasteiger partial charge on any atom is 0.417 e. The number of anilines is 1. The Kier molecular flexibility index (Phi) is 5.04. The third-order valence-corrected chi connectivity index (χ3v) is 4.85. The van der Waals surface area contributed by atoms with Gasteiger partial charge in [0.2, 0.25) is 0 Å². The number of hydrogen-bond acceptors (Lipinski definition) is 3. The number of aromatic amines is 1. The minimum atomic E-state index is -4.76. The normalized spacial score (nSPS) is 22.9. The Morgan fingerprint density at radius 3 is 2.32 bits per heavy atom. The summed E-state index contributed by atoms with van der Waals surface area (Å²) in [5, 5.41) is 14.3. The molecule has 1 aliphatic rings. The number of carbonyl (C=O) groups is 2. The van der Waals surface area contributed by atoms with Crippen LogP contribution < -0.4 is 10.6 Å². The van der Waals surface area contributed by atoms with Gasteiger partial charge in [0, 0.05) is 23.7 Å². The van der Waals surface area contributed by atoms with Crippen molar-refractivity contribution in [1.29, 1.82) is 0 Å². The average Bonchev–Trinajstić information content (AvgIpc) is 2.98. The summed E-state index contributed by atoms with van der Waals surface area (Å²) < 4.78 is 64.9. The molecule has 0 bridgehead atoms. The lowest BCUT2D eigenvalue weighted by Gasteiger charge is -2.37. The minimum absolute atomic E-state index is 0.0455. The van der Waals surface area contributed by atoms with Crippen molar-refractivity contribution in [2.75, 3.05) is 5.32 Å². The van der Waals surface area contributed by atoms with E-state index in [1.165, 1.54) is 6.20 Å². The number of nitrogens with one attached hydrogen (secondary N) is 3. The predicted molar refractivity (Wildman–Crippen MR) is 88.2 cm³/mol. The molecule has 3 rings (SSSR count). The molecular formula is C17H16F5N3O3. The van der Waals surface area contributed by atoms with Crippen LogP contribution in [-0.2, 0) is 9.59 Å². The first-order valence-electron chi connectivity index (χ1n) is 8.37. The van der Waals surface area contributed by atoms with Crippen LogP contribution in [0, 0.1) is 11.6 Å². The highest BCUT2D eigenvalue weighted by Gasteiger charge is 2.54. The number of carbonyl (C=O) groups excluding carboxylic acids is 2. The molecule has 1 heterocycles. The Labute approximate surface area is 155 Å². The van der Waals surface area contributed by atoms with Crippen molar-refractivity contribution in [3.63, 3.8) is 0 Å². The molecule has 0 aliphatic heterocycles. The summed E-state index contributed by atoms with van der Waals surface area (Å²) in [6, 6.07) is 1.05. The molecule has 2 aromatic rings. The van der Waals surface area contributed by atoms with Crippen LogP contribution in [-0.4, -0.2) is 39.7 Å². The number of H-pyrrole nitrogens is 1. The first kappa shape index (κ1) is 20.1. The van der Waals surface area contributed by atoms with Crippen LogP contribution in [0.2, 0.25) is 0 Å². The maximum atomic E-state index is 13.4. The van der Waals surface area contributed by atoms with Gasteiger partial charge in [-0.2, -0.15) is 13.2 Å². The Hall–Kier alpha value is -2.69. The first-order valence-corrected chi connectivity index (χ1v) is 8.37. The molecule has 1 aromatic heterocycles. The monoisotopic (exact) mass is 405 g/mol. The SMILES string of the molecule is O=C(Nc1c[nH]c2cc(F)c(F)cc12)C(=O)NC1CCC(O)(C(F)(F)F)CC1. The van der Waals surface area contributed by atoms with Crippen LogP contribution in [0.4, 0.5) is 27.6 Å². The van der Waals surface area contributed by atoms with Crippen molar-refractivity contribution in [2.24, 2.45) is 0 Å². The molecule has 2 amide bonds. The van der Waals surface area contributed by atoms with Crippen LogP contribution in [0.25, 0.3) is 10.9 Å². The van der Waals surface area contributed by atoms with Gasteiger partial charge >= 0.3 is 18.0 Å². The number of fused-ring (bicyclic) bond motifs is 1. The second-order valence-electron chi connectivity index (χ2n) is 6.75. The smallest absolute Gasteiger partial charge is 0.380 e. The molecule has 0 atom stereocenters. The zero-order valence-electron chi connectivity index (χ0n) is 14.3. The molecule has 1 saturated carbocycles. The van der Waals surface area contributed by atoms with Crippen molar-refractivity contribution in [3.8, 4) is 0 Å². The largest absolute Gasteiger partial charge is 0.417 e. The lowest BCUT2D eigenvalue weighted by Crippen LogP contribution is -2.52. The summed E-state index contributed by atoms with van der Waals surface area (Å²) in [4.78, 5) is 26.7. The van der Waals surface area contributed by atoms with Gasteiger partial charge in [-0.25, -0.2) is 8.78 Å². The fraction of sp³-hybridized carbons (Fsp3) is 0.412. The summed E-state index contributed by atoms with van der Waals surface area (Å²) in [5.74, 6) is -4.41. The van der Waals surface area contributed by atoms with Crippen LogP contribution in [0.15, 0.2) is 18.3 Å². The van der Waals surface area contributed by atoms with E-state index in [4.69, 9.17) is 0 Å². The number of halogens is 5. The summed E-state index contributed by atoms with van der Waals surface area (Å²) in [5.41, 5.74) is -2.54. The average molecular weight is 405 g/mol. The van der Waals surface area contributed by atoms with E-state index in [2.05, 4.69) is 15.6 Å². The fourth-order valence-electron chi connectivity index (χ4n) is 3.17. The molecule has 6 nitrogen and oxygen atoms in total. The number of benzene rings is 1. The van der Waals surface area contributed by atoms with E-state index in [1.807, 2.05) is 0 Å². The van der Waals surface area contributed by atoms with E-state index in [0.717, 1.165) is 12.1 Å². The first-order chi connectivity index (χ1) is 13.0. The van der Waals surface area contributed by atoms with Gasteiger partial charge in [0.15, 0.2) is 17.2 Å². The molecule has 1 aliphatic carbocycles.